The molecule has 2 heteroatoms. The largest absolute Gasteiger partial charge is 0.463 e. The van der Waals surface area contributed by atoms with Crippen LogP contribution >= 0.6 is 0 Å². The van der Waals surface area contributed by atoms with E-state index in [2.05, 4.69) is 20.8 Å². The SMILES string of the molecule is CC(=O)O[C@H](C)[C@H]1CC[C@H]2[C@@H]3CC[C@H]4CCCC[C@]4(C)[C@H]3CC[C@]12C. The van der Waals surface area contributed by atoms with Gasteiger partial charge < -0.3 is 4.74 Å². The first-order valence-corrected chi connectivity index (χ1v) is 11.0. The molecule has 4 fully saturated rings. The van der Waals surface area contributed by atoms with Gasteiger partial charge in [0.15, 0.2) is 0 Å². The highest BCUT2D eigenvalue weighted by atomic mass is 16.5. The molecule has 0 amide bonds. The fourth-order valence-corrected chi connectivity index (χ4v) is 8.45. The normalized spacial score (nSPS) is 50.3. The molecule has 25 heavy (non-hydrogen) atoms. The van der Waals surface area contributed by atoms with Crippen molar-refractivity contribution in [2.45, 2.75) is 98.0 Å². The Kier molecular flexibility index (Phi) is 4.48. The standard InChI is InChI=1S/C23H38O2/c1-15(25-16(2)24)19-10-11-20-18-9-8-17-7-5-6-13-22(17,3)21(18)12-14-23(19,20)4/h15,17-21H,5-14H2,1-4H3/t15-,17-,18+,19-,20+,21+,22+,23-/m1/s1. The highest BCUT2D eigenvalue weighted by Gasteiger charge is 2.60. The van der Waals surface area contributed by atoms with E-state index in [9.17, 15) is 4.79 Å². The lowest BCUT2D eigenvalue weighted by atomic mass is 9.45. The lowest BCUT2D eigenvalue weighted by Crippen LogP contribution is -2.53. The third-order valence-corrected chi connectivity index (χ3v) is 9.58. The summed E-state index contributed by atoms with van der Waals surface area (Å²) >= 11 is 0. The van der Waals surface area contributed by atoms with Crippen LogP contribution in [0, 0.1) is 40.4 Å². The van der Waals surface area contributed by atoms with Crippen LogP contribution in [0.5, 0.6) is 0 Å². The van der Waals surface area contributed by atoms with Gasteiger partial charge in [-0.1, -0.05) is 26.7 Å². The molecule has 0 heterocycles. The Labute approximate surface area is 154 Å². The first kappa shape index (κ1) is 17.9. The lowest BCUT2D eigenvalue weighted by Gasteiger charge is -2.60. The molecule has 0 radical (unpaired) electrons. The third-order valence-electron chi connectivity index (χ3n) is 9.58. The van der Waals surface area contributed by atoms with E-state index in [0.29, 0.717) is 16.7 Å². The summed E-state index contributed by atoms with van der Waals surface area (Å²) in [6.07, 6.45) is 14.4. The second-order valence-corrected chi connectivity index (χ2v) is 10.4. The summed E-state index contributed by atoms with van der Waals surface area (Å²) in [5.41, 5.74) is 1.02. The Morgan fingerprint density at radius 3 is 2.44 bits per heavy atom. The zero-order chi connectivity index (χ0) is 17.8. The Morgan fingerprint density at radius 1 is 0.920 bits per heavy atom. The molecule has 4 rings (SSSR count). The zero-order valence-corrected chi connectivity index (χ0v) is 16.9. The summed E-state index contributed by atoms with van der Waals surface area (Å²) in [5.74, 6) is 4.24. The average molecular weight is 347 g/mol. The van der Waals surface area contributed by atoms with E-state index in [4.69, 9.17) is 4.74 Å². The van der Waals surface area contributed by atoms with Crippen molar-refractivity contribution in [3.8, 4) is 0 Å². The van der Waals surface area contributed by atoms with Gasteiger partial charge in [-0.2, -0.15) is 0 Å². The van der Waals surface area contributed by atoms with Crippen LogP contribution in [0.15, 0.2) is 0 Å². The van der Waals surface area contributed by atoms with Gasteiger partial charge in [0.25, 0.3) is 0 Å². The Balaban J connectivity index is 1.56. The van der Waals surface area contributed by atoms with E-state index in [1.54, 1.807) is 6.92 Å². The predicted octanol–water partition coefficient (Wildman–Crippen LogP) is 5.99. The lowest BCUT2D eigenvalue weighted by molar-refractivity contribution is -0.154. The molecule has 2 nitrogen and oxygen atoms in total. The molecule has 0 aromatic rings. The van der Waals surface area contributed by atoms with Gasteiger partial charge in [0.05, 0.1) is 0 Å². The summed E-state index contributed by atoms with van der Waals surface area (Å²) in [5, 5.41) is 0. The van der Waals surface area contributed by atoms with Crippen LogP contribution in [0.25, 0.3) is 0 Å². The predicted molar refractivity (Wildman–Crippen MR) is 101 cm³/mol. The van der Waals surface area contributed by atoms with E-state index < -0.39 is 0 Å². The zero-order valence-electron chi connectivity index (χ0n) is 16.9. The van der Waals surface area contributed by atoms with E-state index in [1.807, 2.05) is 0 Å². The molecule has 0 saturated heterocycles. The molecule has 0 N–H and O–H groups in total. The maximum absolute atomic E-state index is 11.5. The number of carbonyl (C=O) groups is 1. The highest BCUT2D eigenvalue weighted by Crippen LogP contribution is 2.67. The van der Waals surface area contributed by atoms with Crippen LogP contribution in [0.2, 0.25) is 0 Å². The van der Waals surface area contributed by atoms with Crippen LogP contribution in [0.4, 0.5) is 0 Å². The number of esters is 1. The van der Waals surface area contributed by atoms with Crippen LogP contribution in [-0.4, -0.2) is 12.1 Å². The molecule has 4 saturated carbocycles. The Bertz CT molecular complexity index is 528. The summed E-state index contributed by atoms with van der Waals surface area (Å²) in [7, 11) is 0. The van der Waals surface area contributed by atoms with Crippen molar-refractivity contribution in [1.29, 1.82) is 0 Å². The molecular formula is C23H38O2. The number of ether oxygens (including phenoxy) is 1. The number of hydrogen-bond acceptors (Lipinski definition) is 2. The van der Waals surface area contributed by atoms with Crippen molar-refractivity contribution >= 4 is 5.97 Å². The van der Waals surface area contributed by atoms with Crippen LogP contribution < -0.4 is 0 Å². The molecule has 0 unspecified atom stereocenters. The van der Waals surface area contributed by atoms with E-state index in [-0.39, 0.29) is 12.1 Å². The van der Waals surface area contributed by atoms with Gasteiger partial charge in [-0.15, -0.1) is 0 Å². The highest BCUT2D eigenvalue weighted by molar-refractivity contribution is 5.66. The fourth-order valence-electron chi connectivity index (χ4n) is 8.45. The Morgan fingerprint density at radius 2 is 1.68 bits per heavy atom. The summed E-state index contributed by atoms with van der Waals surface area (Å²) < 4.78 is 5.65. The summed E-state index contributed by atoms with van der Waals surface area (Å²) in [4.78, 5) is 11.5. The average Bonchev–Trinajstić information content (AvgIpc) is 2.91. The summed E-state index contributed by atoms with van der Waals surface area (Å²) in [6.45, 7) is 8.91. The molecule has 0 spiro atoms. The minimum absolute atomic E-state index is 0.0886. The maximum Gasteiger partial charge on any atom is 0.302 e. The van der Waals surface area contributed by atoms with Crippen molar-refractivity contribution in [1.82, 2.24) is 0 Å². The number of rotatable bonds is 2. The maximum atomic E-state index is 11.5. The molecule has 4 aliphatic rings. The monoisotopic (exact) mass is 346 g/mol. The van der Waals surface area contributed by atoms with Crippen molar-refractivity contribution in [2.75, 3.05) is 0 Å². The van der Waals surface area contributed by atoms with Crippen molar-refractivity contribution in [3.63, 3.8) is 0 Å². The van der Waals surface area contributed by atoms with Gasteiger partial charge in [0, 0.05) is 12.8 Å². The van der Waals surface area contributed by atoms with Crippen LogP contribution in [0.1, 0.15) is 91.9 Å². The van der Waals surface area contributed by atoms with Gasteiger partial charge in [0.1, 0.15) is 6.10 Å². The second kappa shape index (κ2) is 6.27. The van der Waals surface area contributed by atoms with Gasteiger partial charge in [0.2, 0.25) is 0 Å². The first-order valence-electron chi connectivity index (χ1n) is 11.0. The molecular weight excluding hydrogens is 308 g/mol. The smallest absolute Gasteiger partial charge is 0.302 e. The minimum Gasteiger partial charge on any atom is -0.463 e. The van der Waals surface area contributed by atoms with Gasteiger partial charge in [-0.3, -0.25) is 4.79 Å². The topological polar surface area (TPSA) is 26.3 Å². The van der Waals surface area contributed by atoms with Gasteiger partial charge >= 0.3 is 5.97 Å². The van der Waals surface area contributed by atoms with Crippen molar-refractivity contribution < 1.29 is 9.53 Å². The quantitative estimate of drug-likeness (QED) is 0.574. The van der Waals surface area contributed by atoms with E-state index in [1.165, 1.54) is 64.2 Å². The van der Waals surface area contributed by atoms with Crippen LogP contribution in [-0.2, 0) is 9.53 Å². The Hall–Kier alpha value is -0.530. The molecule has 142 valence electrons. The van der Waals surface area contributed by atoms with Gasteiger partial charge in [-0.25, -0.2) is 0 Å². The number of hydrogen-bond donors (Lipinski definition) is 0. The fraction of sp³-hybridized carbons (Fsp3) is 0.957. The molecule has 8 atom stereocenters. The van der Waals surface area contributed by atoms with Crippen molar-refractivity contribution in [2.24, 2.45) is 40.4 Å². The summed E-state index contributed by atoms with van der Waals surface area (Å²) in [6, 6.07) is 0. The number of carbonyl (C=O) groups excluding carboxylic acids is 1. The molecule has 0 bridgehead atoms. The minimum atomic E-state index is -0.108. The molecule has 0 aliphatic heterocycles. The first-order chi connectivity index (χ1) is 11.9. The van der Waals surface area contributed by atoms with E-state index in [0.717, 1.165) is 23.7 Å². The molecule has 4 aliphatic carbocycles. The van der Waals surface area contributed by atoms with E-state index >= 15 is 0 Å². The van der Waals surface area contributed by atoms with Crippen molar-refractivity contribution in [3.05, 3.63) is 0 Å². The van der Waals surface area contributed by atoms with Crippen LogP contribution in [0.3, 0.4) is 0 Å². The third kappa shape index (κ3) is 2.69. The molecule has 0 aromatic heterocycles. The van der Waals surface area contributed by atoms with Gasteiger partial charge in [-0.05, 0) is 92.8 Å². The molecule has 0 aromatic carbocycles. The second-order valence-electron chi connectivity index (χ2n) is 10.4. The number of fused-ring (bicyclic) bond motifs is 5.